The molecular formula is C22H18ClN3S. The molecule has 27 heavy (non-hydrogen) atoms. The number of nitrogens with one attached hydrogen (secondary N) is 1. The van der Waals surface area contributed by atoms with E-state index in [-0.39, 0.29) is 0 Å². The summed E-state index contributed by atoms with van der Waals surface area (Å²) >= 11 is 7.60. The van der Waals surface area contributed by atoms with E-state index in [9.17, 15) is 0 Å². The molecule has 0 bridgehead atoms. The van der Waals surface area contributed by atoms with Crippen molar-refractivity contribution >= 4 is 23.1 Å². The second-order valence-corrected chi connectivity index (χ2v) is 7.30. The largest absolute Gasteiger partial charge is 0.309 e. The van der Waals surface area contributed by atoms with Crippen LogP contribution in [0.25, 0.3) is 22.4 Å². The van der Waals surface area contributed by atoms with Gasteiger partial charge in [0.1, 0.15) is 5.69 Å². The van der Waals surface area contributed by atoms with Gasteiger partial charge in [-0.2, -0.15) is 0 Å². The number of halogens is 1. The molecule has 0 atom stereocenters. The zero-order valence-corrected chi connectivity index (χ0v) is 16.2. The molecule has 1 aromatic heterocycles. The molecule has 0 spiro atoms. The van der Waals surface area contributed by atoms with E-state index in [2.05, 4.69) is 69.5 Å². The monoisotopic (exact) mass is 391 g/mol. The molecular weight excluding hydrogens is 374 g/mol. The SMILES string of the molecule is Clc1ccc(-c2ccccc2)c(CNCc2ccc(-c3csnn3)cc2)c1. The Morgan fingerprint density at radius 1 is 0.852 bits per heavy atom. The molecule has 0 amide bonds. The van der Waals surface area contributed by atoms with Gasteiger partial charge in [-0.1, -0.05) is 76.8 Å². The van der Waals surface area contributed by atoms with Gasteiger partial charge in [0.2, 0.25) is 0 Å². The van der Waals surface area contributed by atoms with Crippen LogP contribution in [0.5, 0.6) is 0 Å². The van der Waals surface area contributed by atoms with Crippen LogP contribution in [0.3, 0.4) is 0 Å². The summed E-state index contributed by atoms with van der Waals surface area (Å²) < 4.78 is 3.91. The summed E-state index contributed by atoms with van der Waals surface area (Å²) in [6.07, 6.45) is 0. The number of benzene rings is 3. The molecule has 0 aliphatic rings. The van der Waals surface area contributed by atoms with E-state index in [1.165, 1.54) is 33.8 Å². The quantitative estimate of drug-likeness (QED) is 0.450. The van der Waals surface area contributed by atoms with E-state index in [4.69, 9.17) is 11.6 Å². The fraction of sp³-hybridized carbons (Fsp3) is 0.0909. The van der Waals surface area contributed by atoms with Gasteiger partial charge in [0.15, 0.2) is 0 Å². The van der Waals surface area contributed by atoms with Crippen LogP contribution >= 0.6 is 23.1 Å². The Hall–Kier alpha value is -2.53. The molecule has 0 radical (unpaired) electrons. The molecule has 4 rings (SSSR count). The van der Waals surface area contributed by atoms with E-state index in [0.717, 1.165) is 29.4 Å². The molecule has 3 nitrogen and oxygen atoms in total. The summed E-state index contributed by atoms with van der Waals surface area (Å²) in [6.45, 7) is 1.54. The molecule has 1 heterocycles. The Labute approximate surface area is 167 Å². The van der Waals surface area contributed by atoms with Gasteiger partial charge < -0.3 is 5.32 Å². The van der Waals surface area contributed by atoms with Crippen LogP contribution in [0.4, 0.5) is 0 Å². The van der Waals surface area contributed by atoms with E-state index in [0.29, 0.717) is 0 Å². The zero-order chi connectivity index (χ0) is 18.5. The van der Waals surface area contributed by atoms with Gasteiger partial charge in [0.05, 0.1) is 0 Å². The van der Waals surface area contributed by atoms with Gasteiger partial charge in [-0.3, -0.25) is 0 Å². The summed E-state index contributed by atoms with van der Waals surface area (Å²) in [6, 6.07) is 24.9. The van der Waals surface area contributed by atoms with E-state index in [1.54, 1.807) is 0 Å². The van der Waals surface area contributed by atoms with Gasteiger partial charge in [-0.05, 0) is 45.9 Å². The summed E-state index contributed by atoms with van der Waals surface area (Å²) in [5, 5.41) is 10.3. The minimum Gasteiger partial charge on any atom is -0.309 e. The second-order valence-electron chi connectivity index (χ2n) is 6.26. The van der Waals surface area contributed by atoms with Crippen molar-refractivity contribution in [3.05, 3.63) is 94.3 Å². The fourth-order valence-corrected chi connectivity index (χ4v) is 3.69. The van der Waals surface area contributed by atoms with Crippen LogP contribution in [0.2, 0.25) is 5.02 Å². The maximum Gasteiger partial charge on any atom is 0.105 e. The van der Waals surface area contributed by atoms with Gasteiger partial charge >= 0.3 is 0 Å². The number of rotatable bonds is 6. The van der Waals surface area contributed by atoms with Crippen LogP contribution in [-0.4, -0.2) is 9.59 Å². The molecule has 0 fully saturated rings. The Morgan fingerprint density at radius 3 is 2.41 bits per heavy atom. The normalized spacial score (nSPS) is 10.9. The summed E-state index contributed by atoms with van der Waals surface area (Å²) in [4.78, 5) is 0. The summed E-state index contributed by atoms with van der Waals surface area (Å²) in [5.74, 6) is 0. The molecule has 4 aromatic rings. The topological polar surface area (TPSA) is 37.8 Å². The van der Waals surface area contributed by atoms with Crippen molar-refractivity contribution < 1.29 is 0 Å². The maximum absolute atomic E-state index is 6.23. The molecule has 5 heteroatoms. The fourth-order valence-electron chi connectivity index (χ4n) is 3.03. The van der Waals surface area contributed by atoms with Gasteiger partial charge in [-0.15, -0.1) is 5.10 Å². The van der Waals surface area contributed by atoms with E-state index in [1.807, 2.05) is 23.6 Å². The highest BCUT2D eigenvalue weighted by molar-refractivity contribution is 7.03. The lowest BCUT2D eigenvalue weighted by Gasteiger charge is -2.12. The van der Waals surface area contributed by atoms with Crippen molar-refractivity contribution in [2.75, 3.05) is 0 Å². The van der Waals surface area contributed by atoms with E-state index < -0.39 is 0 Å². The highest BCUT2D eigenvalue weighted by Crippen LogP contribution is 2.26. The van der Waals surface area contributed by atoms with Gasteiger partial charge in [-0.25, -0.2) is 0 Å². The predicted molar refractivity (Wildman–Crippen MR) is 113 cm³/mol. The second kappa shape index (κ2) is 8.44. The maximum atomic E-state index is 6.23. The minimum absolute atomic E-state index is 0.753. The number of hydrogen-bond acceptors (Lipinski definition) is 4. The molecule has 0 aliphatic heterocycles. The van der Waals surface area contributed by atoms with Crippen LogP contribution in [0.1, 0.15) is 11.1 Å². The lowest BCUT2D eigenvalue weighted by atomic mass is 9.99. The Kier molecular flexibility index (Phi) is 5.58. The average Bonchev–Trinajstić information content (AvgIpc) is 3.24. The van der Waals surface area contributed by atoms with Crippen molar-refractivity contribution in [1.82, 2.24) is 14.9 Å². The lowest BCUT2D eigenvalue weighted by molar-refractivity contribution is 0.694. The predicted octanol–water partition coefficient (Wildman–Crippen LogP) is 5.82. The molecule has 0 saturated heterocycles. The van der Waals surface area contributed by atoms with Crippen molar-refractivity contribution in [1.29, 1.82) is 0 Å². The molecule has 0 unspecified atom stereocenters. The Balaban J connectivity index is 1.44. The third kappa shape index (κ3) is 4.42. The first-order valence-corrected chi connectivity index (χ1v) is 9.92. The highest BCUT2D eigenvalue weighted by Gasteiger charge is 2.06. The minimum atomic E-state index is 0.753. The summed E-state index contributed by atoms with van der Waals surface area (Å²) in [7, 11) is 0. The van der Waals surface area contributed by atoms with Crippen LogP contribution in [0, 0.1) is 0 Å². The highest BCUT2D eigenvalue weighted by atomic mass is 35.5. The standard InChI is InChI=1S/C22H18ClN3S/c23-20-10-11-21(17-4-2-1-3-5-17)19(12-20)14-24-13-16-6-8-18(9-7-16)22-15-27-26-25-22/h1-12,15,24H,13-14H2. The molecule has 0 aliphatic carbocycles. The number of nitrogens with zero attached hydrogens (tertiary/aromatic N) is 2. The lowest BCUT2D eigenvalue weighted by Crippen LogP contribution is -2.13. The Morgan fingerprint density at radius 2 is 1.67 bits per heavy atom. The first-order chi connectivity index (χ1) is 13.3. The molecule has 0 saturated carbocycles. The number of aromatic nitrogens is 2. The Bertz CT molecular complexity index is 1000. The van der Waals surface area contributed by atoms with Crippen LogP contribution in [-0.2, 0) is 13.1 Å². The first kappa shape index (κ1) is 17.9. The average molecular weight is 392 g/mol. The third-order valence-electron chi connectivity index (χ3n) is 4.41. The third-order valence-corrected chi connectivity index (χ3v) is 5.15. The smallest absolute Gasteiger partial charge is 0.105 e. The number of hydrogen-bond donors (Lipinski definition) is 1. The van der Waals surface area contributed by atoms with Crippen molar-refractivity contribution in [3.63, 3.8) is 0 Å². The van der Waals surface area contributed by atoms with Gasteiger partial charge in [0.25, 0.3) is 0 Å². The van der Waals surface area contributed by atoms with Crippen molar-refractivity contribution in [2.45, 2.75) is 13.1 Å². The van der Waals surface area contributed by atoms with E-state index >= 15 is 0 Å². The first-order valence-electron chi connectivity index (χ1n) is 8.70. The van der Waals surface area contributed by atoms with Crippen LogP contribution < -0.4 is 5.32 Å². The zero-order valence-electron chi connectivity index (χ0n) is 14.6. The molecule has 3 aromatic carbocycles. The molecule has 134 valence electrons. The van der Waals surface area contributed by atoms with Crippen LogP contribution in [0.15, 0.2) is 78.2 Å². The van der Waals surface area contributed by atoms with Gasteiger partial charge in [0, 0.05) is 29.1 Å². The van der Waals surface area contributed by atoms with Crippen molar-refractivity contribution in [3.8, 4) is 22.4 Å². The summed E-state index contributed by atoms with van der Waals surface area (Å²) in [5.41, 5.74) is 6.84. The van der Waals surface area contributed by atoms with Crippen molar-refractivity contribution in [2.24, 2.45) is 0 Å². The molecule has 1 N–H and O–H groups in total.